The van der Waals surface area contributed by atoms with Crippen molar-refractivity contribution >= 4 is 14.3 Å². The van der Waals surface area contributed by atoms with Crippen molar-refractivity contribution in [2.24, 2.45) is 0 Å². The number of hydrogen-bond acceptors (Lipinski definition) is 5. The molecule has 1 aliphatic carbocycles. The van der Waals surface area contributed by atoms with Gasteiger partial charge in [0.1, 0.15) is 18.5 Å². The number of benzene rings is 1. The fourth-order valence-corrected chi connectivity index (χ4v) is 4.98. The van der Waals surface area contributed by atoms with Crippen molar-refractivity contribution < 1.29 is 23.4 Å². The number of esters is 1. The van der Waals surface area contributed by atoms with E-state index in [2.05, 4.69) is 33.9 Å². The van der Waals surface area contributed by atoms with Gasteiger partial charge in [-0.1, -0.05) is 39.0 Å². The van der Waals surface area contributed by atoms with Crippen LogP contribution in [-0.4, -0.2) is 45.5 Å². The van der Waals surface area contributed by atoms with Crippen LogP contribution in [0, 0.1) is 0 Å². The minimum Gasteiger partial charge on any atom is -0.459 e. The molecule has 1 heterocycles. The molecule has 2 aliphatic rings. The maximum Gasteiger partial charge on any atom is 0.338 e. The molecule has 1 aliphatic heterocycles. The van der Waals surface area contributed by atoms with Crippen LogP contribution < -0.4 is 0 Å². The molecule has 0 N–H and O–H groups in total. The average Bonchev–Trinajstić information content (AvgIpc) is 3.01. The highest BCUT2D eigenvalue weighted by molar-refractivity contribution is 6.74. The third kappa shape index (κ3) is 4.80. The molecule has 3 atom stereocenters. The van der Waals surface area contributed by atoms with Crippen LogP contribution in [-0.2, 0) is 18.6 Å². The molecule has 0 aromatic heterocycles. The summed E-state index contributed by atoms with van der Waals surface area (Å²) in [6.07, 6.45) is 1.93. The zero-order valence-corrected chi connectivity index (χ0v) is 18.1. The quantitative estimate of drug-likeness (QED) is 0.557. The summed E-state index contributed by atoms with van der Waals surface area (Å²) < 4.78 is 24.0. The summed E-state index contributed by atoms with van der Waals surface area (Å²) in [4.78, 5) is 12.5. The maximum atomic E-state index is 12.5. The first kappa shape index (κ1) is 20.5. The Morgan fingerprint density at radius 2 is 1.81 bits per heavy atom. The van der Waals surface area contributed by atoms with Crippen molar-refractivity contribution in [3.63, 3.8) is 0 Å². The maximum absolute atomic E-state index is 12.5. The van der Waals surface area contributed by atoms with Gasteiger partial charge in [-0.25, -0.2) is 4.79 Å². The van der Waals surface area contributed by atoms with E-state index in [0.717, 1.165) is 6.42 Å². The Morgan fingerprint density at radius 3 is 2.41 bits per heavy atom. The van der Waals surface area contributed by atoms with Crippen LogP contribution in [0.2, 0.25) is 18.1 Å². The Labute approximate surface area is 163 Å². The molecule has 1 spiro atoms. The average molecular weight is 393 g/mol. The van der Waals surface area contributed by atoms with Crippen LogP contribution in [0.15, 0.2) is 30.3 Å². The van der Waals surface area contributed by atoms with Gasteiger partial charge in [-0.3, -0.25) is 0 Å². The Morgan fingerprint density at radius 1 is 1.15 bits per heavy atom. The fraction of sp³-hybridized carbons (Fsp3) is 0.667. The van der Waals surface area contributed by atoms with Crippen LogP contribution in [0.4, 0.5) is 0 Å². The van der Waals surface area contributed by atoms with Crippen molar-refractivity contribution in [2.75, 3.05) is 13.4 Å². The van der Waals surface area contributed by atoms with E-state index in [-0.39, 0.29) is 23.2 Å². The second-order valence-corrected chi connectivity index (χ2v) is 14.1. The monoisotopic (exact) mass is 392 g/mol. The summed E-state index contributed by atoms with van der Waals surface area (Å²) in [5.41, 5.74) is 0.162. The lowest BCUT2D eigenvalue weighted by Gasteiger charge is -2.45. The van der Waals surface area contributed by atoms with Crippen LogP contribution in [0.5, 0.6) is 0 Å². The van der Waals surface area contributed by atoms with E-state index in [1.54, 1.807) is 12.1 Å². The van der Waals surface area contributed by atoms with E-state index in [0.29, 0.717) is 31.8 Å². The SMILES string of the molecule is CC(C)(C)[Si](C)(C)OC1C[C@@H](OC(=O)c2ccccc2)C[C@@]2(COCO2)C1. The first-order valence-electron chi connectivity index (χ1n) is 9.76. The summed E-state index contributed by atoms with van der Waals surface area (Å²) in [6, 6.07) is 9.13. The highest BCUT2D eigenvalue weighted by Crippen LogP contribution is 2.43. The second kappa shape index (κ2) is 7.66. The molecule has 0 radical (unpaired) electrons. The van der Waals surface area contributed by atoms with Gasteiger partial charge in [0.05, 0.1) is 18.3 Å². The van der Waals surface area contributed by atoms with Gasteiger partial charge in [0.15, 0.2) is 8.32 Å². The summed E-state index contributed by atoms with van der Waals surface area (Å²) in [7, 11) is -1.93. The number of hydrogen-bond donors (Lipinski definition) is 0. The second-order valence-electron chi connectivity index (χ2n) is 9.33. The highest BCUT2D eigenvalue weighted by Gasteiger charge is 2.49. The number of rotatable bonds is 4. The molecule has 1 saturated carbocycles. The van der Waals surface area contributed by atoms with E-state index < -0.39 is 13.9 Å². The van der Waals surface area contributed by atoms with Gasteiger partial charge in [0.2, 0.25) is 0 Å². The van der Waals surface area contributed by atoms with Crippen LogP contribution in [0.25, 0.3) is 0 Å². The van der Waals surface area contributed by atoms with Gasteiger partial charge in [-0.05, 0) is 30.3 Å². The van der Waals surface area contributed by atoms with Gasteiger partial charge >= 0.3 is 5.97 Å². The third-order valence-electron chi connectivity index (χ3n) is 6.09. The van der Waals surface area contributed by atoms with E-state index in [1.165, 1.54) is 0 Å². The summed E-state index contributed by atoms with van der Waals surface area (Å²) in [6.45, 7) is 12.0. The Kier molecular flexibility index (Phi) is 5.82. The number of carbonyl (C=O) groups is 1. The molecule has 1 aromatic rings. The van der Waals surface area contributed by atoms with Crippen molar-refractivity contribution in [3.8, 4) is 0 Å². The van der Waals surface area contributed by atoms with Crippen LogP contribution in [0.3, 0.4) is 0 Å². The Bertz CT molecular complexity index is 646. The molecular formula is C21H32O5Si. The topological polar surface area (TPSA) is 54.0 Å². The van der Waals surface area contributed by atoms with Crippen molar-refractivity contribution in [1.82, 2.24) is 0 Å². The Balaban J connectivity index is 1.73. The molecule has 0 amide bonds. The van der Waals surface area contributed by atoms with Gasteiger partial charge < -0.3 is 18.6 Å². The van der Waals surface area contributed by atoms with Gasteiger partial charge in [0, 0.05) is 19.3 Å². The van der Waals surface area contributed by atoms with Gasteiger partial charge in [0.25, 0.3) is 0 Å². The molecule has 1 saturated heterocycles. The number of carbonyl (C=O) groups excluding carboxylic acids is 1. The zero-order chi connectivity index (χ0) is 19.7. The molecule has 2 fully saturated rings. The predicted molar refractivity (Wildman–Crippen MR) is 106 cm³/mol. The predicted octanol–water partition coefficient (Wildman–Crippen LogP) is 4.53. The largest absolute Gasteiger partial charge is 0.459 e. The first-order valence-corrected chi connectivity index (χ1v) is 12.7. The zero-order valence-electron chi connectivity index (χ0n) is 17.1. The summed E-state index contributed by atoms with van der Waals surface area (Å²) in [5, 5.41) is 0.126. The first-order chi connectivity index (χ1) is 12.6. The minimum absolute atomic E-state index is 0.00918. The molecular weight excluding hydrogens is 360 g/mol. The molecule has 150 valence electrons. The van der Waals surface area contributed by atoms with Crippen molar-refractivity contribution in [3.05, 3.63) is 35.9 Å². The van der Waals surface area contributed by atoms with Crippen LogP contribution >= 0.6 is 0 Å². The number of ether oxygens (including phenoxy) is 3. The fourth-order valence-electron chi connectivity index (χ4n) is 3.61. The van der Waals surface area contributed by atoms with Crippen molar-refractivity contribution in [2.45, 2.75) is 76.0 Å². The molecule has 1 aromatic carbocycles. The van der Waals surface area contributed by atoms with E-state index in [9.17, 15) is 4.79 Å². The van der Waals surface area contributed by atoms with E-state index in [4.69, 9.17) is 18.6 Å². The standard InChI is InChI=1S/C21H32O5Si/c1-20(2,3)27(4,5)26-18-11-17(12-21(13-18)14-23-15-24-21)25-19(22)16-9-7-6-8-10-16/h6-10,17-18H,11-15H2,1-5H3/t17-,18?,21+/m1/s1. The molecule has 5 nitrogen and oxygen atoms in total. The highest BCUT2D eigenvalue weighted by atomic mass is 28.4. The normalized spacial score (nSPS) is 29.1. The van der Waals surface area contributed by atoms with Gasteiger partial charge in [-0.15, -0.1) is 0 Å². The van der Waals surface area contributed by atoms with Crippen LogP contribution in [0.1, 0.15) is 50.4 Å². The lowest BCUT2D eigenvalue weighted by atomic mass is 9.82. The minimum atomic E-state index is -1.93. The molecule has 1 unspecified atom stereocenters. The lowest BCUT2D eigenvalue weighted by Crippen LogP contribution is -2.52. The summed E-state index contributed by atoms with van der Waals surface area (Å²) in [5.74, 6) is -0.289. The molecule has 6 heteroatoms. The molecule has 3 rings (SSSR count). The third-order valence-corrected chi connectivity index (χ3v) is 10.6. The van der Waals surface area contributed by atoms with Crippen molar-refractivity contribution in [1.29, 1.82) is 0 Å². The van der Waals surface area contributed by atoms with E-state index >= 15 is 0 Å². The van der Waals surface area contributed by atoms with E-state index in [1.807, 2.05) is 18.2 Å². The molecule has 0 bridgehead atoms. The van der Waals surface area contributed by atoms with Gasteiger partial charge in [-0.2, -0.15) is 0 Å². The summed E-state index contributed by atoms with van der Waals surface area (Å²) >= 11 is 0. The molecule has 27 heavy (non-hydrogen) atoms. The Hall–Kier alpha value is -1.21. The smallest absolute Gasteiger partial charge is 0.338 e. The lowest BCUT2D eigenvalue weighted by molar-refractivity contribution is -0.0986.